The van der Waals surface area contributed by atoms with Gasteiger partial charge in [0.2, 0.25) is 0 Å². The molecule has 0 aliphatic carbocycles. The van der Waals surface area contributed by atoms with Gasteiger partial charge in [0.05, 0.1) is 5.56 Å². The van der Waals surface area contributed by atoms with Gasteiger partial charge in [-0.15, -0.1) is 0 Å². The minimum atomic E-state index is -1.85. The van der Waals surface area contributed by atoms with Crippen molar-refractivity contribution < 1.29 is 24.0 Å². The number of hydrogen-bond acceptors (Lipinski definition) is 5. The van der Waals surface area contributed by atoms with Gasteiger partial charge in [0.1, 0.15) is 5.82 Å². The molecular formula is C20H25BFN3O4. The lowest BCUT2D eigenvalue weighted by Crippen LogP contribution is -2.50. The average Bonchev–Trinajstić information content (AvgIpc) is 2.58. The SMILES string of the molecule is Cc1cc(C(=O)N(CC(C)(C)C)NC(=O)c2ccc(B(O)O)cc2F)cc(C)n1. The third kappa shape index (κ3) is 6.10. The van der Waals surface area contributed by atoms with E-state index in [2.05, 4.69) is 10.4 Å². The molecule has 1 aromatic heterocycles. The summed E-state index contributed by atoms with van der Waals surface area (Å²) in [4.78, 5) is 29.9. The second-order valence-corrected chi connectivity index (χ2v) is 8.14. The molecule has 2 amide bonds. The molecule has 0 spiro atoms. The maximum Gasteiger partial charge on any atom is 0.488 e. The predicted molar refractivity (Wildman–Crippen MR) is 108 cm³/mol. The number of benzene rings is 1. The molecule has 0 saturated heterocycles. The lowest BCUT2D eigenvalue weighted by Gasteiger charge is -2.30. The van der Waals surface area contributed by atoms with Gasteiger partial charge in [-0.3, -0.25) is 20.0 Å². The van der Waals surface area contributed by atoms with Crippen LogP contribution in [0.4, 0.5) is 4.39 Å². The quantitative estimate of drug-likeness (QED) is 0.530. The van der Waals surface area contributed by atoms with E-state index >= 15 is 0 Å². The number of hydrazine groups is 1. The van der Waals surface area contributed by atoms with Crippen LogP contribution in [0.3, 0.4) is 0 Å². The summed E-state index contributed by atoms with van der Waals surface area (Å²) in [5, 5.41) is 19.4. The molecule has 2 aromatic rings. The second-order valence-electron chi connectivity index (χ2n) is 8.14. The third-order valence-corrected chi connectivity index (χ3v) is 3.98. The summed E-state index contributed by atoms with van der Waals surface area (Å²) >= 11 is 0. The highest BCUT2D eigenvalue weighted by Crippen LogP contribution is 2.17. The standard InChI is InChI=1S/C20H25BFN3O4/c1-12-8-14(9-13(2)23-12)19(27)25(11-20(3,4)5)24-18(26)16-7-6-15(21(28)29)10-17(16)22/h6-10,28-29H,11H2,1-5H3,(H,24,26). The van der Waals surface area contributed by atoms with Crippen LogP contribution in [0, 0.1) is 25.1 Å². The first-order valence-electron chi connectivity index (χ1n) is 9.11. The van der Waals surface area contributed by atoms with Gasteiger partial charge in [0.25, 0.3) is 11.8 Å². The number of nitrogens with one attached hydrogen (secondary N) is 1. The van der Waals surface area contributed by atoms with Crippen molar-refractivity contribution in [3.63, 3.8) is 0 Å². The van der Waals surface area contributed by atoms with E-state index in [1.165, 1.54) is 6.07 Å². The van der Waals surface area contributed by atoms with Crippen LogP contribution in [0.25, 0.3) is 0 Å². The van der Waals surface area contributed by atoms with Crippen molar-refractivity contribution in [3.8, 4) is 0 Å². The first kappa shape index (κ1) is 22.5. The Balaban J connectivity index is 2.33. The van der Waals surface area contributed by atoms with E-state index in [1.807, 2.05) is 20.8 Å². The molecule has 2 rings (SSSR count). The van der Waals surface area contributed by atoms with Gasteiger partial charge >= 0.3 is 7.12 Å². The topological polar surface area (TPSA) is 103 Å². The largest absolute Gasteiger partial charge is 0.488 e. The molecule has 0 unspecified atom stereocenters. The van der Waals surface area contributed by atoms with Gasteiger partial charge in [-0.05, 0) is 49.0 Å². The molecule has 3 N–H and O–H groups in total. The molecule has 0 aliphatic heterocycles. The zero-order valence-corrected chi connectivity index (χ0v) is 17.2. The molecule has 0 aliphatic rings. The minimum absolute atomic E-state index is 0.0792. The Kier molecular flexibility index (Phi) is 6.76. The number of hydrogen-bond donors (Lipinski definition) is 3. The Bertz CT molecular complexity index is 908. The number of carbonyl (C=O) groups excluding carboxylic acids is 2. The Morgan fingerprint density at radius 2 is 1.72 bits per heavy atom. The fourth-order valence-electron chi connectivity index (χ4n) is 2.81. The summed E-state index contributed by atoms with van der Waals surface area (Å²) in [7, 11) is -1.85. The van der Waals surface area contributed by atoms with Crippen molar-refractivity contribution in [3.05, 3.63) is 58.7 Å². The smallest absolute Gasteiger partial charge is 0.423 e. The number of pyridine rings is 1. The lowest BCUT2D eigenvalue weighted by atomic mass is 9.80. The molecule has 1 aromatic carbocycles. The number of aromatic nitrogens is 1. The average molecular weight is 401 g/mol. The summed E-state index contributed by atoms with van der Waals surface area (Å²) in [6, 6.07) is 6.48. The minimum Gasteiger partial charge on any atom is -0.423 e. The summed E-state index contributed by atoms with van der Waals surface area (Å²) in [5.41, 5.74) is 3.43. The van der Waals surface area contributed by atoms with E-state index < -0.39 is 24.7 Å². The Morgan fingerprint density at radius 3 is 2.21 bits per heavy atom. The van der Waals surface area contributed by atoms with E-state index in [0.29, 0.717) is 17.0 Å². The molecule has 0 fully saturated rings. The number of amides is 2. The van der Waals surface area contributed by atoms with Crippen molar-refractivity contribution in [1.29, 1.82) is 0 Å². The number of aryl methyl sites for hydroxylation is 2. The number of rotatable bonds is 4. The summed E-state index contributed by atoms with van der Waals surface area (Å²) in [5.74, 6) is -2.18. The van der Waals surface area contributed by atoms with Crippen LogP contribution < -0.4 is 10.9 Å². The summed E-state index contributed by atoms with van der Waals surface area (Å²) in [6.07, 6.45) is 0. The van der Waals surface area contributed by atoms with Crippen LogP contribution in [0.5, 0.6) is 0 Å². The zero-order valence-electron chi connectivity index (χ0n) is 17.2. The van der Waals surface area contributed by atoms with E-state index in [-0.39, 0.29) is 23.0 Å². The first-order valence-corrected chi connectivity index (χ1v) is 9.11. The Hall–Kier alpha value is -2.78. The third-order valence-electron chi connectivity index (χ3n) is 3.98. The normalized spacial score (nSPS) is 11.2. The van der Waals surface area contributed by atoms with Crippen LogP contribution in [0.15, 0.2) is 30.3 Å². The molecule has 0 atom stereocenters. The molecule has 7 nitrogen and oxygen atoms in total. The number of carbonyl (C=O) groups is 2. The molecule has 0 radical (unpaired) electrons. The van der Waals surface area contributed by atoms with Crippen molar-refractivity contribution in [2.75, 3.05) is 6.54 Å². The van der Waals surface area contributed by atoms with Gasteiger partial charge in [0, 0.05) is 23.5 Å². The second kappa shape index (κ2) is 8.71. The zero-order chi connectivity index (χ0) is 21.9. The molecule has 9 heteroatoms. The highest BCUT2D eigenvalue weighted by Gasteiger charge is 2.26. The molecule has 154 valence electrons. The van der Waals surface area contributed by atoms with Gasteiger partial charge in [-0.2, -0.15) is 0 Å². The molecule has 29 heavy (non-hydrogen) atoms. The van der Waals surface area contributed by atoms with Gasteiger partial charge < -0.3 is 10.0 Å². The molecule has 0 saturated carbocycles. The summed E-state index contributed by atoms with van der Waals surface area (Å²) < 4.78 is 14.3. The maximum absolute atomic E-state index is 14.3. The van der Waals surface area contributed by atoms with E-state index in [9.17, 15) is 14.0 Å². The molecule has 1 heterocycles. The molecule has 0 bridgehead atoms. The fourth-order valence-corrected chi connectivity index (χ4v) is 2.81. The van der Waals surface area contributed by atoms with Crippen LogP contribution in [-0.4, -0.2) is 45.5 Å². The van der Waals surface area contributed by atoms with Gasteiger partial charge in [0.15, 0.2) is 0 Å². The van der Waals surface area contributed by atoms with E-state index in [1.54, 1.807) is 26.0 Å². The van der Waals surface area contributed by atoms with Crippen LogP contribution >= 0.6 is 0 Å². The van der Waals surface area contributed by atoms with Crippen LogP contribution in [0.1, 0.15) is 52.9 Å². The molecular weight excluding hydrogens is 376 g/mol. The van der Waals surface area contributed by atoms with E-state index in [0.717, 1.165) is 17.1 Å². The van der Waals surface area contributed by atoms with Crippen LogP contribution in [0.2, 0.25) is 0 Å². The monoisotopic (exact) mass is 401 g/mol. The Labute approximate surface area is 169 Å². The number of halogens is 1. The van der Waals surface area contributed by atoms with Crippen molar-refractivity contribution in [1.82, 2.24) is 15.4 Å². The fraction of sp³-hybridized carbons (Fsp3) is 0.350. The predicted octanol–water partition coefficient (Wildman–Crippen LogP) is 1.35. The van der Waals surface area contributed by atoms with Gasteiger partial charge in [-0.25, -0.2) is 9.40 Å². The van der Waals surface area contributed by atoms with Crippen molar-refractivity contribution in [2.45, 2.75) is 34.6 Å². The van der Waals surface area contributed by atoms with Gasteiger partial charge in [-0.1, -0.05) is 26.8 Å². The van der Waals surface area contributed by atoms with E-state index in [4.69, 9.17) is 10.0 Å². The van der Waals surface area contributed by atoms with Crippen molar-refractivity contribution >= 4 is 24.4 Å². The summed E-state index contributed by atoms with van der Waals surface area (Å²) in [6.45, 7) is 9.43. The number of nitrogens with zero attached hydrogens (tertiary/aromatic N) is 2. The maximum atomic E-state index is 14.3. The van der Waals surface area contributed by atoms with Crippen molar-refractivity contribution in [2.24, 2.45) is 5.41 Å². The first-order chi connectivity index (χ1) is 13.4. The highest BCUT2D eigenvalue weighted by molar-refractivity contribution is 6.58. The highest BCUT2D eigenvalue weighted by atomic mass is 19.1. The lowest BCUT2D eigenvalue weighted by molar-refractivity contribution is 0.0507. The Morgan fingerprint density at radius 1 is 1.14 bits per heavy atom. The van der Waals surface area contributed by atoms with Crippen LogP contribution in [-0.2, 0) is 0 Å².